The van der Waals surface area contributed by atoms with Crippen LogP contribution < -0.4 is 4.90 Å². The second-order valence-corrected chi connectivity index (χ2v) is 6.04. The van der Waals surface area contributed by atoms with Gasteiger partial charge in [-0.25, -0.2) is 9.50 Å². The first kappa shape index (κ1) is 13.3. The van der Waals surface area contributed by atoms with Crippen LogP contribution in [0.3, 0.4) is 0 Å². The molecule has 3 heterocycles. The number of anilines is 1. The average molecular weight is 292 g/mol. The highest BCUT2D eigenvalue weighted by Gasteiger charge is 2.20. The average Bonchev–Trinajstić information content (AvgIpc) is 3.04. The lowest BCUT2D eigenvalue weighted by atomic mass is 9.90. The predicted molar refractivity (Wildman–Crippen MR) is 88.1 cm³/mol. The number of benzene rings is 1. The van der Waals surface area contributed by atoms with E-state index in [-0.39, 0.29) is 0 Å². The van der Waals surface area contributed by atoms with E-state index in [1.165, 1.54) is 24.8 Å². The maximum Gasteiger partial charge on any atom is 0.157 e. The van der Waals surface area contributed by atoms with Gasteiger partial charge >= 0.3 is 0 Å². The minimum atomic E-state index is 0.789. The van der Waals surface area contributed by atoms with Gasteiger partial charge in [-0.1, -0.05) is 30.3 Å². The molecule has 0 atom stereocenters. The molecule has 112 valence electrons. The molecule has 1 saturated heterocycles. The Morgan fingerprint density at radius 2 is 1.82 bits per heavy atom. The van der Waals surface area contributed by atoms with E-state index in [9.17, 15) is 0 Å². The van der Waals surface area contributed by atoms with Gasteiger partial charge in [0.25, 0.3) is 0 Å². The molecule has 0 radical (unpaired) electrons. The molecular formula is C18H20N4. The van der Waals surface area contributed by atoms with Gasteiger partial charge in [0.15, 0.2) is 5.65 Å². The molecule has 4 rings (SSSR count). The largest absolute Gasteiger partial charge is 0.356 e. The van der Waals surface area contributed by atoms with Crippen LogP contribution >= 0.6 is 0 Å². The second kappa shape index (κ2) is 5.79. The molecule has 4 heteroatoms. The third-order valence-electron chi connectivity index (χ3n) is 4.55. The van der Waals surface area contributed by atoms with Crippen molar-refractivity contribution < 1.29 is 0 Å². The maximum atomic E-state index is 4.69. The van der Waals surface area contributed by atoms with E-state index >= 15 is 0 Å². The van der Waals surface area contributed by atoms with Crippen LogP contribution in [-0.4, -0.2) is 27.7 Å². The SMILES string of the molecule is c1ccc(CC2CCN(c3ccn4nccc4n3)CC2)cc1. The first-order valence-corrected chi connectivity index (χ1v) is 7.98. The summed E-state index contributed by atoms with van der Waals surface area (Å²) in [5, 5.41) is 4.20. The third-order valence-corrected chi connectivity index (χ3v) is 4.55. The Kier molecular flexibility index (Phi) is 3.51. The predicted octanol–water partition coefficient (Wildman–Crippen LogP) is 3.19. The highest BCUT2D eigenvalue weighted by atomic mass is 15.3. The lowest BCUT2D eigenvalue weighted by Gasteiger charge is -2.32. The molecular weight excluding hydrogens is 272 g/mol. The Bertz CT molecular complexity index is 742. The van der Waals surface area contributed by atoms with E-state index < -0.39 is 0 Å². The number of nitrogens with zero attached hydrogens (tertiary/aromatic N) is 4. The van der Waals surface area contributed by atoms with E-state index in [2.05, 4.69) is 46.4 Å². The van der Waals surface area contributed by atoms with Gasteiger partial charge in [0.2, 0.25) is 0 Å². The molecule has 1 fully saturated rings. The fraction of sp³-hybridized carbons (Fsp3) is 0.333. The Morgan fingerprint density at radius 1 is 1.00 bits per heavy atom. The van der Waals surface area contributed by atoms with Crippen molar-refractivity contribution in [2.24, 2.45) is 5.92 Å². The van der Waals surface area contributed by atoms with Crippen molar-refractivity contribution in [2.45, 2.75) is 19.3 Å². The molecule has 0 aliphatic carbocycles. The lowest BCUT2D eigenvalue weighted by Crippen LogP contribution is -2.34. The third kappa shape index (κ3) is 2.69. The zero-order chi connectivity index (χ0) is 14.8. The summed E-state index contributed by atoms with van der Waals surface area (Å²) in [6, 6.07) is 14.8. The number of hydrogen-bond donors (Lipinski definition) is 0. The zero-order valence-corrected chi connectivity index (χ0v) is 12.6. The summed E-state index contributed by atoms with van der Waals surface area (Å²) in [5.74, 6) is 1.86. The Balaban J connectivity index is 1.41. The van der Waals surface area contributed by atoms with Crippen LogP contribution in [-0.2, 0) is 6.42 Å². The van der Waals surface area contributed by atoms with Gasteiger partial charge in [0, 0.05) is 25.4 Å². The molecule has 1 aliphatic rings. The molecule has 0 N–H and O–H groups in total. The molecule has 22 heavy (non-hydrogen) atoms. The van der Waals surface area contributed by atoms with Crippen LogP contribution in [0.1, 0.15) is 18.4 Å². The summed E-state index contributed by atoms with van der Waals surface area (Å²) in [7, 11) is 0. The number of hydrogen-bond acceptors (Lipinski definition) is 3. The summed E-state index contributed by atoms with van der Waals surface area (Å²) >= 11 is 0. The second-order valence-electron chi connectivity index (χ2n) is 6.04. The summed E-state index contributed by atoms with van der Waals surface area (Å²) in [6.07, 6.45) is 7.46. The molecule has 0 bridgehead atoms. The molecule has 1 aliphatic heterocycles. The smallest absolute Gasteiger partial charge is 0.157 e. The number of fused-ring (bicyclic) bond motifs is 1. The van der Waals surface area contributed by atoms with Crippen molar-refractivity contribution in [2.75, 3.05) is 18.0 Å². The zero-order valence-electron chi connectivity index (χ0n) is 12.6. The minimum Gasteiger partial charge on any atom is -0.356 e. The standard InChI is InChI=1S/C18H20N4/c1-2-4-15(5-3-1)14-16-7-11-21(12-8-16)17-9-13-22-18(20-17)6-10-19-22/h1-6,9-10,13,16H,7-8,11-12,14H2. The molecule has 3 aromatic rings. The highest BCUT2D eigenvalue weighted by Crippen LogP contribution is 2.24. The van der Waals surface area contributed by atoms with Gasteiger partial charge in [-0.05, 0) is 36.8 Å². The summed E-state index contributed by atoms with van der Waals surface area (Å²) in [5.41, 5.74) is 2.38. The van der Waals surface area contributed by atoms with Crippen LogP contribution in [0.5, 0.6) is 0 Å². The number of aromatic nitrogens is 3. The Hall–Kier alpha value is -2.36. The highest BCUT2D eigenvalue weighted by molar-refractivity contribution is 5.47. The minimum absolute atomic E-state index is 0.789. The van der Waals surface area contributed by atoms with Gasteiger partial charge in [-0.3, -0.25) is 0 Å². The van der Waals surface area contributed by atoms with Crippen LogP contribution in [0.25, 0.3) is 5.65 Å². The molecule has 0 spiro atoms. The topological polar surface area (TPSA) is 33.4 Å². The fourth-order valence-electron chi connectivity index (χ4n) is 3.29. The van der Waals surface area contributed by atoms with Crippen LogP contribution in [0.4, 0.5) is 5.82 Å². The Labute approximate surface area is 130 Å². The van der Waals surface area contributed by atoms with E-state index in [1.807, 2.05) is 16.8 Å². The first-order chi connectivity index (χ1) is 10.9. The molecule has 0 unspecified atom stereocenters. The van der Waals surface area contributed by atoms with Crippen molar-refractivity contribution >= 4 is 11.5 Å². The quantitative estimate of drug-likeness (QED) is 0.743. The van der Waals surface area contributed by atoms with Crippen molar-refractivity contribution in [3.63, 3.8) is 0 Å². The Morgan fingerprint density at radius 3 is 2.64 bits per heavy atom. The van der Waals surface area contributed by atoms with Crippen molar-refractivity contribution in [1.29, 1.82) is 0 Å². The normalized spacial score (nSPS) is 16.3. The molecule has 2 aromatic heterocycles. The van der Waals surface area contributed by atoms with Crippen molar-refractivity contribution in [3.8, 4) is 0 Å². The lowest BCUT2D eigenvalue weighted by molar-refractivity contribution is 0.402. The van der Waals surface area contributed by atoms with Gasteiger partial charge in [0.05, 0.1) is 6.20 Å². The number of piperidine rings is 1. The van der Waals surface area contributed by atoms with Crippen LogP contribution in [0, 0.1) is 5.92 Å². The van der Waals surface area contributed by atoms with Gasteiger partial charge in [0.1, 0.15) is 5.82 Å². The fourth-order valence-corrected chi connectivity index (χ4v) is 3.29. The first-order valence-electron chi connectivity index (χ1n) is 7.98. The van der Waals surface area contributed by atoms with E-state index in [1.54, 1.807) is 6.20 Å². The summed E-state index contributed by atoms with van der Waals surface area (Å²) in [4.78, 5) is 7.09. The molecule has 0 amide bonds. The van der Waals surface area contributed by atoms with E-state index in [0.29, 0.717) is 0 Å². The molecule has 4 nitrogen and oxygen atoms in total. The van der Waals surface area contributed by atoms with Crippen molar-refractivity contribution in [3.05, 3.63) is 60.4 Å². The monoisotopic (exact) mass is 292 g/mol. The maximum absolute atomic E-state index is 4.69. The van der Waals surface area contributed by atoms with Gasteiger partial charge in [-0.2, -0.15) is 5.10 Å². The van der Waals surface area contributed by atoms with Crippen LogP contribution in [0.2, 0.25) is 0 Å². The van der Waals surface area contributed by atoms with Gasteiger partial charge in [-0.15, -0.1) is 0 Å². The number of rotatable bonds is 3. The van der Waals surface area contributed by atoms with E-state index in [4.69, 9.17) is 4.98 Å². The van der Waals surface area contributed by atoms with Crippen LogP contribution in [0.15, 0.2) is 54.9 Å². The molecule has 1 aromatic carbocycles. The summed E-state index contributed by atoms with van der Waals surface area (Å²) < 4.78 is 1.81. The van der Waals surface area contributed by atoms with Crippen molar-refractivity contribution in [1.82, 2.24) is 14.6 Å². The van der Waals surface area contributed by atoms with E-state index in [0.717, 1.165) is 30.5 Å². The van der Waals surface area contributed by atoms with Gasteiger partial charge < -0.3 is 4.90 Å². The molecule has 0 saturated carbocycles. The summed E-state index contributed by atoms with van der Waals surface area (Å²) in [6.45, 7) is 2.18.